The van der Waals surface area contributed by atoms with Crippen molar-refractivity contribution >= 4 is 24.4 Å². The maximum Gasteiger partial charge on any atom is 0.0721 e. The van der Waals surface area contributed by atoms with E-state index in [4.69, 9.17) is 0 Å². The lowest BCUT2D eigenvalue weighted by Crippen LogP contribution is -2.04. The van der Waals surface area contributed by atoms with Gasteiger partial charge in [0.2, 0.25) is 0 Å². The minimum atomic E-state index is 0.195. The van der Waals surface area contributed by atoms with Crippen LogP contribution in [-0.2, 0) is 5.75 Å². The number of nitrogens with one attached hydrogen (secondary N) is 2. The van der Waals surface area contributed by atoms with Crippen LogP contribution in [0.1, 0.15) is 28.6 Å². The van der Waals surface area contributed by atoms with E-state index in [0.29, 0.717) is 0 Å². The minimum absolute atomic E-state index is 0.195. The van der Waals surface area contributed by atoms with Crippen LogP contribution in [-0.4, -0.2) is 16.2 Å². The Morgan fingerprint density at radius 3 is 2.29 bits per heavy atom. The van der Waals surface area contributed by atoms with Crippen LogP contribution in [0.25, 0.3) is 0 Å². The van der Waals surface area contributed by atoms with Crippen LogP contribution in [0.5, 0.6) is 0 Å². The Bertz CT molecular complexity index is 658. The van der Waals surface area contributed by atoms with E-state index >= 15 is 0 Å². The molecule has 0 amide bonds. The molecule has 1 aromatic carbocycles. The van der Waals surface area contributed by atoms with Crippen LogP contribution in [0.4, 0.5) is 0 Å². The molecule has 2 heterocycles. The summed E-state index contributed by atoms with van der Waals surface area (Å²) >= 11 is 6.07. The molecule has 2 N–H and O–H groups in total. The number of aromatic amines is 2. The van der Waals surface area contributed by atoms with Gasteiger partial charge >= 0.3 is 0 Å². The smallest absolute Gasteiger partial charge is 0.0721 e. The number of hydrogen-bond donors (Lipinski definition) is 3. The normalized spacial score (nSPS) is 12.5. The van der Waals surface area contributed by atoms with E-state index in [-0.39, 0.29) is 5.92 Å². The van der Waals surface area contributed by atoms with Crippen LogP contribution >= 0.6 is 24.4 Å². The van der Waals surface area contributed by atoms with Crippen molar-refractivity contribution in [2.75, 3.05) is 6.26 Å². The average Bonchev–Trinajstić information content (AvgIpc) is 3.18. The molecular formula is C17H18N2S2. The van der Waals surface area contributed by atoms with Crippen molar-refractivity contribution in [2.24, 2.45) is 0 Å². The van der Waals surface area contributed by atoms with E-state index in [0.717, 1.165) is 11.4 Å². The fourth-order valence-corrected chi connectivity index (χ4v) is 3.18. The Balaban J connectivity index is 2.06. The Hall–Kier alpha value is -1.52. The van der Waals surface area contributed by atoms with Crippen molar-refractivity contribution in [3.63, 3.8) is 0 Å². The van der Waals surface area contributed by atoms with E-state index in [2.05, 4.69) is 83.4 Å². The van der Waals surface area contributed by atoms with Gasteiger partial charge in [-0.3, -0.25) is 0 Å². The second kappa shape index (κ2) is 6.50. The number of benzene rings is 1. The number of aromatic nitrogens is 2. The molecule has 2 aromatic heterocycles. The molecule has 0 radical (unpaired) electrons. The van der Waals surface area contributed by atoms with Gasteiger partial charge in [0, 0.05) is 22.8 Å². The summed E-state index contributed by atoms with van der Waals surface area (Å²) in [6.45, 7) is 0. The second-order valence-corrected chi connectivity index (χ2v) is 6.09. The van der Waals surface area contributed by atoms with Crippen molar-refractivity contribution in [1.82, 2.24) is 9.97 Å². The Morgan fingerprint density at radius 2 is 1.67 bits per heavy atom. The third-order valence-corrected chi connectivity index (χ3v) is 4.61. The number of H-pyrrole nitrogens is 2. The SMILES string of the molecule is CSc1ccc(C(c2ccccc2)c2ccc(CS)[nH]2)[nH]1. The second-order valence-electron chi connectivity index (χ2n) is 4.92. The van der Waals surface area contributed by atoms with Gasteiger partial charge in [-0.1, -0.05) is 30.3 Å². The van der Waals surface area contributed by atoms with Crippen molar-refractivity contribution in [1.29, 1.82) is 0 Å². The van der Waals surface area contributed by atoms with Crippen molar-refractivity contribution in [2.45, 2.75) is 16.7 Å². The summed E-state index contributed by atoms with van der Waals surface area (Å²) in [4.78, 5) is 7.00. The minimum Gasteiger partial charge on any atom is -0.361 e. The summed E-state index contributed by atoms with van der Waals surface area (Å²) in [7, 11) is 0. The number of thioether (sulfide) groups is 1. The lowest BCUT2D eigenvalue weighted by Gasteiger charge is -2.15. The fraction of sp³-hybridized carbons (Fsp3) is 0.176. The highest BCUT2D eigenvalue weighted by atomic mass is 32.2. The molecular weight excluding hydrogens is 296 g/mol. The van der Waals surface area contributed by atoms with Gasteiger partial charge in [0.25, 0.3) is 0 Å². The summed E-state index contributed by atoms with van der Waals surface area (Å²) in [5.74, 6) is 0.920. The molecule has 0 spiro atoms. The van der Waals surface area contributed by atoms with Crippen molar-refractivity contribution in [3.8, 4) is 0 Å². The predicted molar refractivity (Wildman–Crippen MR) is 93.4 cm³/mol. The molecule has 0 fully saturated rings. The molecule has 108 valence electrons. The summed E-state index contributed by atoms with van der Waals surface area (Å²) in [6.07, 6.45) is 2.08. The third kappa shape index (κ3) is 3.06. The van der Waals surface area contributed by atoms with Crippen LogP contribution in [0.15, 0.2) is 59.6 Å². The Kier molecular flexibility index (Phi) is 4.46. The van der Waals surface area contributed by atoms with E-state index in [1.165, 1.54) is 22.0 Å². The van der Waals surface area contributed by atoms with E-state index in [1.807, 2.05) is 0 Å². The zero-order chi connectivity index (χ0) is 14.7. The number of thiol groups is 1. The molecule has 4 heteroatoms. The van der Waals surface area contributed by atoms with Gasteiger partial charge in [-0.15, -0.1) is 11.8 Å². The highest BCUT2D eigenvalue weighted by molar-refractivity contribution is 7.98. The van der Waals surface area contributed by atoms with Gasteiger partial charge in [0.05, 0.1) is 10.9 Å². The van der Waals surface area contributed by atoms with Crippen LogP contribution in [0.3, 0.4) is 0 Å². The quantitative estimate of drug-likeness (QED) is 0.464. The first kappa shape index (κ1) is 14.4. The maximum absolute atomic E-state index is 4.34. The molecule has 1 unspecified atom stereocenters. The monoisotopic (exact) mass is 314 g/mol. The summed E-state index contributed by atoms with van der Waals surface area (Å²) in [5.41, 5.74) is 4.82. The highest BCUT2D eigenvalue weighted by Gasteiger charge is 2.19. The summed E-state index contributed by atoms with van der Waals surface area (Å²) in [6, 6.07) is 19.1. The lowest BCUT2D eigenvalue weighted by atomic mass is 9.93. The van der Waals surface area contributed by atoms with Crippen molar-refractivity contribution in [3.05, 3.63) is 77.2 Å². The van der Waals surface area contributed by atoms with Gasteiger partial charge in [0.15, 0.2) is 0 Å². The Morgan fingerprint density at radius 1 is 0.952 bits per heavy atom. The molecule has 0 aliphatic rings. The zero-order valence-electron chi connectivity index (χ0n) is 11.8. The van der Waals surface area contributed by atoms with Gasteiger partial charge in [-0.05, 0) is 36.1 Å². The van der Waals surface area contributed by atoms with Crippen molar-refractivity contribution < 1.29 is 0 Å². The van der Waals surface area contributed by atoms with Gasteiger partial charge in [-0.2, -0.15) is 12.6 Å². The topological polar surface area (TPSA) is 31.6 Å². The molecule has 21 heavy (non-hydrogen) atoms. The molecule has 1 atom stereocenters. The molecule has 0 bridgehead atoms. The first-order valence-electron chi connectivity index (χ1n) is 6.88. The highest BCUT2D eigenvalue weighted by Crippen LogP contribution is 2.32. The van der Waals surface area contributed by atoms with E-state index in [1.54, 1.807) is 11.8 Å². The zero-order valence-corrected chi connectivity index (χ0v) is 13.5. The number of hydrogen-bond acceptors (Lipinski definition) is 2. The molecule has 2 nitrogen and oxygen atoms in total. The number of rotatable bonds is 5. The Labute approximate surface area is 134 Å². The molecule has 3 rings (SSSR count). The van der Waals surface area contributed by atoms with Crippen LogP contribution in [0, 0.1) is 0 Å². The summed E-state index contributed by atoms with van der Waals surface area (Å²) < 4.78 is 0. The molecule has 0 saturated carbocycles. The van der Waals surface area contributed by atoms with E-state index in [9.17, 15) is 0 Å². The molecule has 0 saturated heterocycles. The van der Waals surface area contributed by atoms with Gasteiger partial charge < -0.3 is 9.97 Å². The standard InChI is InChI=1S/C17H18N2S2/c1-21-16-10-9-15(19-16)17(12-5-3-2-4-6-12)14-8-7-13(11-20)18-14/h2-10,17-20H,11H2,1H3. The largest absolute Gasteiger partial charge is 0.361 e. The molecule has 0 aliphatic heterocycles. The first-order chi connectivity index (χ1) is 10.3. The molecule has 0 aliphatic carbocycles. The molecule has 3 aromatic rings. The maximum atomic E-state index is 4.34. The first-order valence-corrected chi connectivity index (χ1v) is 8.74. The predicted octanol–water partition coefficient (Wildman–Crippen LogP) is 4.67. The average molecular weight is 314 g/mol. The lowest BCUT2D eigenvalue weighted by molar-refractivity contribution is 0.878. The van der Waals surface area contributed by atoms with Gasteiger partial charge in [-0.25, -0.2) is 0 Å². The van der Waals surface area contributed by atoms with Crippen LogP contribution < -0.4 is 0 Å². The van der Waals surface area contributed by atoms with Crippen LogP contribution in [0.2, 0.25) is 0 Å². The van der Waals surface area contributed by atoms with E-state index < -0.39 is 0 Å². The summed E-state index contributed by atoms with van der Waals surface area (Å²) in [5, 5.41) is 1.19. The fourth-order valence-electron chi connectivity index (χ4n) is 2.57. The third-order valence-electron chi connectivity index (χ3n) is 3.60. The van der Waals surface area contributed by atoms with Gasteiger partial charge in [0.1, 0.15) is 0 Å².